The highest BCUT2D eigenvalue weighted by Gasteiger charge is 2.27. The van der Waals surface area contributed by atoms with E-state index in [2.05, 4.69) is 15.9 Å². The summed E-state index contributed by atoms with van der Waals surface area (Å²) in [4.78, 5) is 13.8. The SMILES string of the molecule is CCOc1ccc(CN2CC(Br)CC2=O)cc1. The second-order valence-electron chi connectivity index (χ2n) is 4.15. The molecular formula is C13H16BrNO2. The monoisotopic (exact) mass is 297 g/mol. The number of halogens is 1. The van der Waals surface area contributed by atoms with E-state index in [0.717, 1.165) is 17.9 Å². The minimum Gasteiger partial charge on any atom is -0.494 e. The maximum absolute atomic E-state index is 11.6. The predicted molar refractivity (Wildman–Crippen MR) is 70.4 cm³/mol. The van der Waals surface area contributed by atoms with Crippen LogP contribution in [0.15, 0.2) is 24.3 Å². The first kappa shape index (κ1) is 12.4. The Balaban J connectivity index is 1.97. The molecule has 2 rings (SSSR count). The van der Waals surface area contributed by atoms with Gasteiger partial charge in [0, 0.05) is 24.3 Å². The second kappa shape index (κ2) is 5.54. The maximum atomic E-state index is 11.6. The summed E-state index contributed by atoms with van der Waals surface area (Å²) in [6, 6.07) is 7.93. The van der Waals surface area contributed by atoms with Gasteiger partial charge in [-0.1, -0.05) is 28.1 Å². The smallest absolute Gasteiger partial charge is 0.224 e. The van der Waals surface area contributed by atoms with Crippen molar-refractivity contribution < 1.29 is 9.53 Å². The number of carbonyl (C=O) groups is 1. The Hall–Kier alpha value is -1.03. The molecule has 0 saturated carbocycles. The molecule has 92 valence electrons. The molecule has 1 unspecified atom stereocenters. The van der Waals surface area contributed by atoms with Crippen LogP contribution in [0.3, 0.4) is 0 Å². The second-order valence-corrected chi connectivity index (χ2v) is 5.45. The highest BCUT2D eigenvalue weighted by Crippen LogP contribution is 2.21. The van der Waals surface area contributed by atoms with Crippen molar-refractivity contribution in [1.82, 2.24) is 4.90 Å². The number of hydrogen-bond donors (Lipinski definition) is 0. The number of carbonyl (C=O) groups excluding carboxylic acids is 1. The van der Waals surface area contributed by atoms with Crippen molar-refractivity contribution >= 4 is 21.8 Å². The lowest BCUT2D eigenvalue weighted by molar-refractivity contribution is -0.128. The highest BCUT2D eigenvalue weighted by molar-refractivity contribution is 9.09. The Morgan fingerprint density at radius 1 is 1.41 bits per heavy atom. The molecule has 1 heterocycles. The lowest BCUT2D eigenvalue weighted by Gasteiger charge is -2.16. The van der Waals surface area contributed by atoms with Gasteiger partial charge < -0.3 is 9.64 Å². The third-order valence-corrected chi connectivity index (χ3v) is 3.39. The molecule has 1 aromatic rings. The van der Waals surface area contributed by atoms with Crippen molar-refractivity contribution in [3.63, 3.8) is 0 Å². The lowest BCUT2D eigenvalue weighted by Crippen LogP contribution is -2.24. The number of alkyl halides is 1. The molecule has 1 amide bonds. The van der Waals surface area contributed by atoms with Crippen molar-refractivity contribution in [1.29, 1.82) is 0 Å². The van der Waals surface area contributed by atoms with Crippen molar-refractivity contribution in [2.75, 3.05) is 13.2 Å². The zero-order valence-corrected chi connectivity index (χ0v) is 11.4. The Labute approximate surface area is 110 Å². The van der Waals surface area contributed by atoms with Crippen LogP contribution in [0.4, 0.5) is 0 Å². The lowest BCUT2D eigenvalue weighted by atomic mass is 10.2. The van der Waals surface area contributed by atoms with E-state index >= 15 is 0 Å². The van der Waals surface area contributed by atoms with Crippen LogP contribution in [0.2, 0.25) is 0 Å². The van der Waals surface area contributed by atoms with Gasteiger partial charge >= 0.3 is 0 Å². The third kappa shape index (κ3) is 3.22. The number of benzene rings is 1. The molecule has 3 nitrogen and oxygen atoms in total. The topological polar surface area (TPSA) is 29.5 Å². The molecular weight excluding hydrogens is 282 g/mol. The molecule has 0 bridgehead atoms. The van der Waals surface area contributed by atoms with Gasteiger partial charge in [0.05, 0.1) is 6.61 Å². The summed E-state index contributed by atoms with van der Waals surface area (Å²) in [7, 11) is 0. The molecule has 0 aliphatic carbocycles. The fraction of sp³-hybridized carbons (Fsp3) is 0.462. The van der Waals surface area contributed by atoms with Gasteiger partial charge in [0.15, 0.2) is 0 Å². The molecule has 1 aromatic carbocycles. The quantitative estimate of drug-likeness (QED) is 0.800. The van der Waals surface area contributed by atoms with Gasteiger partial charge in [0.25, 0.3) is 0 Å². The summed E-state index contributed by atoms with van der Waals surface area (Å²) in [5.74, 6) is 1.10. The summed E-state index contributed by atoms with van der Waals surface area (Å²) in [5.41, 5.74) is 1.14. The summed E-state index contributed by atoms with van der Waals surface area (Å²) < 4.78 is 5.38. The number of amides is 1. The van der Waals surface area contributed by atoms with Crippen LogP contribution < -0.4 is 4.74 Å². The van der Waals surface area contributed by atoms with E-state index in [1.807, 2.05) is 36.1 Å². The summed E-state index contributed by atoms with van der Waals surface area (Å²) in [5, 5.41) is 0. The number of rotatable bonds is 4. The normalized spacial score (nSPS) is 19.8. The van der Waals surface area contributed by atoms with Crippen LogP contribution in [0.25, 0.3) is 0 Å². The molecule has 4 heteroatoms. The fourth-order valence-corrected chi connectivity index (χ4v) is 2.58. The molecule has 1 atom stereocenters. The van der Waals surface area contributed by atoms with Crippen LogP contribution in [0.5, 0.6) is 5.75 Å². The summed E-state index contributed by atoms with van der Waals surface area (Å²) in [6.45, 7) is 4.13. The minimum atomic E-state index is 0.223. The predicted octanol–water partition coefficient (Wildman–Crippen LogP) is 2.58. The van der Waals surface area contributed by atoms with Gasteiger partial charge in [-0.15, -0.1) is 0 Å². The molecule has 1 aliphatic rings. The molecule has 0 N–H and O–H groups in total. The van der Waals surface area contributed by atoms with E-state index in [1.54, 1.807) is 0 Å². The first-order valence-electron chi connectivity index (χ1n) is 5.82. The standard InChI is InChI=1S/C13H16BrNO2/c1-2-17-12-5-3-10(4-6-12)8-15-9-11(14)7-13(15)16/h3-6,11H,2,7-9H2,1H3. The van der Waals surface area contributed by atoms with E-state index in [4.69, 9.17) is 4.74 Å². The van der Waals surface area contributed by atoms with Crippen molar-refractivity contribution in [2.45, 2.75) is 24.7 Å². The average molecular weight is 298 g/mol. The molecule has 1 saturated heterocycles. The highest BCUT2D eigenvalue weighted by atomic mass is 79.9. The van der Waals surface area contributed by atoms with Crippen LogP contribution in [-0.2, 0) is 11.3 Å². The third-order valence-electron chi connectivity index (χ3n) is 2.78. The van der Waals surface area contributed by atoms with Gasteiger partial charge in [-0.25, -0.2) is 0 Å². The van der Waals surface area contributed by atoms with Gasteiger partial charge in [-0.3, -0.25) is 4.79 Å². The first-order valence-corrected chi connectivity index (χ1v) is 6.74. The van der Waals surface area contributed by atoms with E-state index in [-0.39, 0.29) is 5.91 Å². The minimum absolute atomic E-state index is 0.223. The van der Waals surface area contributed by atoms with Gasteiger partial charge in [0.1, 0.15) is 5.75 Å². The average Bonchev–Trinajstić information content (AvgIpc) is 2.61. The molecule has 0 radical (unpaired) electrons. The van der Waals surface area contributed by atoms with Crippen molar-refractivity contribution in [3.8, 4) is 5.75 Å². The first-order chi connectivity index (χ1) is 8.19. The van der Waals surface area contributed by atoms with Crippen LogP contribution in [-0.4, -0.2) is 28.8 Å². The largest absolute Gasteiger partial charge is 0.494 e. The van der Waals surface area contributed by atoms with Crippen LogP contribution in [0.1, 0.15) is 18.9 Å². The fourth-order valence-electron chi connectivity index (χ4n) is 1.95. The number of nitrogens with zero attached hydrogens (tertiary/aromatic N) is 1. The Bertz CT molecular complexity index is 391. The zero-order valence-electron chi connectivity index (χ0n) is 9.86. The van der Waals surface area contributed by atoms with E-state index in [9.17, 15) is 4.79 Å². The molecule has 0 spiro atoms. The molecule has 1 fully saturated rings. The molecule has 1 aliphatic heterocycles. The van der Waals surface area contributed by atoms with Gasteiger partial charge in [0.2, 0.25) is 5.91 Å². The van der Waals surface area contributed by atoms with Crippen LogP contribution >= 0.6 is 15.9 Å². The summed E-state index contributed by atoms with van der Waals surface area (Å²) >= 11 is 3.48. The number of hydrogen-bond acceptors (Lipinski definition) is 2. The van der Waals surface area contributed by atoms with E-state index in [1.165, 1.54) is 0 Å². The Kier molecular flexibility index (Phi) is 4.05. The summed E-state index contributed by atoms with van der Waals surface area (Å²) in [6.07, 6.45) is 0.608. The molecule has 0 aromatic heterocycles. The molecule has 17 heavy (non-hydrogen) atoms. The van der Waals surface area contributed by atoms with Gasteiger partial charge in [-0.05, 0) is 24.6 Å². The Morgan fingerprint density at radius 3 is 2.65 bits per heavy atom. The van der Waals surface area contributed by atoms with Crippen LogP contribution in [0, 0.1) is 0 Å². The van der Waals surface area contributed by atoms with Crippen molar-refractivity contribution in [3.05, 3.63) is 29.8 Å². The number of likely N-dealkylation sites (tertiary alicyclic amines) is 1. The number of ether oxygens (including phenoxy) is 1. The van der Waals surface area contributed by atoms with Gasteiger partial charge in [-0.2, -0.15) is 0 Å². The Morgan fingerprint density at radius 2 is 2.12 bits per heavy atom. The van der Waals surface area contributed by atoms with E-state index in [0.29, 0.717) is 24.4 Å². The van der Waals surface area contributed by atoms with E-state index < -0.39 is 0 Å². The maximum Gasteiger partial charge on any atom is 0.224 e. The zero-order chi connectivity index (χ0) is 12.3. The van der Waals surface area contributed by atoms with Crippen molar-refractivity contribution in [2.24, 2.45) is 0 Å².